The van der Waals surface area contributed by atoms with E-state index in [2.05, 4.69) is 20.4 Å². The summed E-state index contributed by atoms with van der Waals surface area (Å²) in [5.41, 5.74) is 2.13. The Morgan fingerprint density at radius 3 is 2.71 bits per heavy atom. The maximum Gasteiger partial charge on any atom is 0.253 e. The summed E-state index contributed by atoms with van der Waals surface area (Å²) in [5, 5.41) is 7.14. The Kier molecular flexibility index (Phi) is 2.22. The normalized spacial score (nSPS) is 10.6. The molecule has 1 aromatic carbocycles. The molecule has 5 heteroatoms. The average molecular weight is 225 g/mol. The van der Waals surface area contributed by atoms with Crippen molar-refractivity contribution < 1.29 is 0 Å². The second kappa shape index (κ2) is 3.86. The van der Waals surface area contributed by atoms with Crippen molar-refractivity contribution in [3.05, 3.63) is 42.7 Å². The second-order valence-electron chi connectivity index (χ2n) is 3.64. The first-order chi connectivity index (χ1) is 8.36. The zero-order valence-corrected chi connectivity index (χ0v) is 9.33. The van der Waals surface area contributed by atoms with Gasteiger partial charge in [-0.2, -0.15) is 4.98 Å². The van der Waals surface area contributed by atoms with Gasteiger partial charge >= 0.3 is 0 Å². The van der Waals surface area contributed by atoms with E-state index in [0.717, 1.165) is 11.1 Å². The van der Waals surface area contributed by atoms with Crippen LogP contribution in [0.5, 0.6) is 0 Å². The third-order valence-electron chi connectivity index (χ3n) is 2.52. The van der Waals surface area contributed by atoms with Gasteiger partial charge in [-0.05, 0) is 5.56 Å². The summed E-state index contributed by atoms with van der Waals surface area (Å²) in [6, 6.07) is 10.1. The number of anilines is 1. The molecule has 3 aromatic rings. The lowest BCUT2D eigenvalue weighted by Gasteiger charge is -2.00. The van der Waals surface area contributed by atoms with Crippen LogP contribution in [-0.2, 0) is 0 Å². The fourth-order valence-corrected chi connectivity index (χ4v) is 1.67. The molecule has 0 atom stereocenters. The van der Waals surface area contributed by atoms with Gasteiger partial charge in [0.15, 0.2) is 0 Å². The highest BCUT2D eigenvalue weighted by atomic mass is 15.4. The van der Waals surface area contributed by atoms with E-state index in [-0.39, 0.29) is 0 Å². The molecule has 0 unspecified atom stereocenters. The SMILES string of the molecule is CNc1nc2ncc(-c3ccccc3)cn2n1. The van der Waals surface area contributed by atoms with E-state index in [1.165, 1.54) is 0 Å². The Hall–Kier alpha value is -2.43. The van der Waals surface area contributed by atoms with E-state index in [0.29, 0.717) is 11.7 Å². The monoisotopic (exact) mass is 225 g/mol. The van der Waals surface area contributed by atoms with Crippen molar-refractivity contribution in [2.75, 3.05) is 12.4 Å². The van der Waals surface area contributed by atoms with Crippen molar-refractivity contribution in [3.63, 3.8) is 0 Å². The third-order valence-corrected chi connectivity index (χ3v) is 2.52. The number of rotatable bonds is 2. The molecule has 0 radical (unpaired) electrons. The molecule has 1 N–H and O–H groups in total. The van der Waals surface area contributed by atoms with Gasteiger partial charge in [0.1, 0.15) is 0 Å². The first-order valence-corrected chi connectivity index (χ1v) is 5.32. The lowest BCUT2D eigenvalue weighted by atomic mass is 10.1. The molecule has 5 nitrogen and oxygen atoms in total. The molecule has 0 bridgehead atoms. The molecular formula is C12H11N5. The topological polar surface area (TPSA) is 55.1 Å². The molecule has 2 aromatic heterocycles. The standard InChI is InChI=1S/C12H11N5/c1-13-11-15-12-14-7-10(8-17(12)16-11)9-5-3-2-4-6-9/h2-8H,1H3,(H,13,16). The van der Waals surface area contributed by atoms with E-state index in [9.17, 15) is 0 Å². The van der Waals surface area contributed by atoms with Gasteiger partial charge in [-0.1, -0.05) is 30.3 Å². The van der Waals surface area contributed by atoms with Crippen LogP contribution in [0.4, 0.5) is 5.95 Å². The van der Waals surface area contributed by atoms with Gasteiger partial charge in [-0.3, -0.25) is 0 Å². The van der Waals surface area contributed by atoms with E-state index < -0.39 is 0 Å². The molecule has 3 rings (SSSR count). The van der Waals surface area contributed by atoms with Crippen molar-refractivity contribution in [2.24, 2.45) is 0 Å². The van der Waals surface area contributed by atoms with Crippen LogP contribution in [0.15, 0.2) is 42.7 Å². The quantitative estimate of drug-likeness (QED) is 0.723. The second-order valence-corrected chi connectivity index (χ2v) is 3.64. The highest BCUT2D eigenvalue weighted by Gasteiger charge is 2.04. The average Bonchev–Trinajstić information content (AvgIpc) is 2.81. The van der Waals surface area contributed by atoms with Gasteiger partial charge in [0.05, 0.1) is 0 Å². The number of benzene rings is 1. The Morgan fingerprint density at radius 1 is 1.12 bits per heavy atom. The molecule has 0 saturated heterocycles. The Morgan fingerprint density at radius 2 is 1.94 bits per heavy atom. The molecule has 17 heavy (non-hydrogen) atoms. The van der Waals surface area contributed by atoms with Gasteiger partial charge < -0.3 is 5.32 Å². The Labute approximate surface area is 98.1 Å². The summed E-state index contributed by atoms with van der Waals surface area (Å²) in [6.07, 6.45) is 3.73. The van der Waals surface area contributed by atoms with E-state index >= 15 is 0 Å². The third kappa shape index (κ3) is 1.71. The van der Waals surface area contributed by atoms with E-state index in [1.54, 1.807) is 17.8 Å². The van der Waals surface area contributed by atoms with Crippen LogP contribution < -0.4 is 5.32 Å². The molecule has 0 aliphatic rings. The first kappa shape index (κ1) is 9.77. The van der Waals surface area contributed by atoms with Crippen LogP contribution in [0.25, 0.3) is 16.9 Å². The molecule has 84 valence electrons. The minimum atomic E-state index is 0.572. The van der Waals surface area contributed by atoms with Crippen LogP contribution in [0.1, 0.15) is 0 Å². The summed E-state index contributed by atoms with van der Waals surface area (Å²) in [6.45, 7) is 0. The number of nitrogens with zero attached hydrogens (tertiary/aromatic N) is 4. The molecule has 0 spiro atoms. The molecule has 0 amide bonds. The van der Waals surface area contributed by atoms with Gasteiger partial charge in [-0.15, -0.1) is 5.10 Å². The van der Waals surface area contributed by atoms with Crippen molar-refractivity contribution in [2.45, 2.75) is 0 Å². The van der Waals surface area contributed by atoms with Crippen molar-refractivity contribution in [1.29, 1.82) is 0 Å². The fraction of sp³-hybridized carbons (Fsp3) is 0.0833. The van der Waals surface area contributed by atoms with Gasteiger partial charge in [0.25, 0.3) is 5.78 Å². The van der Waals surface area contributed by atoms with Crippen molar-refractivity contribution in [3.8, 4) is 11.1 Å². The summed E-state index contributed by atoms with van der Waals surface area (Å²) in [5.74, 6) is 1.16. The lowest BCUT2D eigenvalue weighted by Crippen LogP contribution is -1.92. The van der Waals surface area contributed by atoms with Crippen molar-refractivity contribution in [1.82, 2.24) is 19.6 Å². The summed E-state index contributed by atoms with van der Waals surface area (Å²) in [4.78, 5) is 8.47. The Balaban J connectivity index is 2.13. The van der Waals surface area contributed by atoms with Crippen LogP contribution in [0, 0.1) is 0 Å². The van der Waals surface area contributed by atoms with Gasteiger partial charge in [-0.25, -0.2) is 9.50 Å². The number of hydrogen-bond donors (Lipinski definition) is 1. The largest absolute Gasteiger partial charge is 0.356 e. The number of fused-ring (bicyclic) bond motifs is 1. The maximum absolute atomic E-state index is 4.28. The smallest absolute Gasteiger partial charge is 0.253 e. The highest BCUT2D eigenvalue weighted by Crippen LogP contribution is 2.17. The summed E-state index contributed by atoms with van der Waals surface area (Å²) >= 11 is 0. The molecule has 0 saturated carbocycles. The molecule has 0 fully saturated rings. The predicted octanol–water partition coefficient (Wildman–Crippen LogP) is 1.83. The van der Waals surface area contributed by atoms with E-state index in [1.807, 2.05) is 36.5 Å². The molecule has 2 heterocycles. The lowest BCUT2D eigenvalue weighted by molar-refractivity contribution is 0.943. The minimum Gasteiger partial charge on any atom is -0.356 e. The number of hydrogen-bond acceptors (Lipinski definition) is 4. The zero-order chi connectivity index (χ0) is 11.7. The number of nitrogens with one attached hydrogen (secondary N) is 1. The number of aromatic nitrogens is 4. The van der Waals surface area contributed by atoms with E-state index in [4.69, 9.17) is 0 Å². The van der Waals surface area contributed by atoms with Crippen LogP contribution >= 0.6 is 0 Å². The molecule has 0 aliphatic heterocycles. The van der Waals surface area contributed by atoms with Crippen LogP contribution in [0.2, 0.25) is 0 Å². The maximum atomic E-state index is 4.28. The highest BCUT2D eigenvalue weighted by molar-refractivity contribution is 5.62. The zero-order valence-electron chi connectivity index (χ0n) is 9.33. The van der Waals surface area contributed by atoms with Crippen LogP contribution in [-0.4, -0.2) is 26.6 Å². The Bertz CT molecular complexity index is 644. The van der Waals surface area contributed by atoms with Crippen molar-refractivity contribution >= 4 is 11.7 Å². The van der Waals surface area contributed by atoms with Gasteiger partial charge in [0, 0.05) is 25.0 Å². The van der Waals surface area contributed by atoms with Gasteiger partial charge in [0.2, 0.25) is 5.95 Å². The molecule has 0 aliphatic carbocycles. The molecular weight excluding hydrogens is 214 g/mol. The minimum absolute atomic E-state index is 0.572. The first-order valence-electron chi connectivity index (χ1n) is 5.32. The fourth-order valence-electron chi connectivity index (χ4n) is 1.67. The van der Waals surface area contributed by atoms with Crippen LogP contribution in [0.3, 0.4) is 0 Å². The summed E-state index contributed by atoms with van der Waals surface area (Å²) in [7, 11) is 1.78. The summed E-state index contributed by atoms with van der Waals surface area (Å²) < 4.78 is 1.67. The predicted molar refractivity (Wildman–Crippen MR) is 65.8 cm³/mol.